The van der Waals surface area contributed by atoms with Crippen LogP contribution in [-0.2, 0) is 23.9 Å². The molecule has 0 bridgehead atoms. The van der Waals surface area contributed by atoms with Crippen LogP contribution in [0.3, 0.4) is 0 Å². The van der Waals surface area contributed by atoms with Crippen molar-refractivity contribution < 1.29 is 33.0 Å². The van der Waals surface area contributed by atoms with Crippen LogP contribution < -0.4 is 20.7 Å². The Morgan fingerprint density at radius 3 is 2.66 bits per heavy atom. The van der Waals surface area contributed by atoms with Crippen molar-refractivity contribution in [1.82, 2.24) is 15.5 Å². The first-order valence-corrected chi connectivity index (χ1v) is 14.1. The molecule has 4 aliphatic rings. The van der Waals surface area contributed by atoms with Crippen LogP contribution in [0.4, 0.5) is 10.1 Å². The zero-order chi connectivity index (χ0) is 29.6. The van der Waals surface area contributed by atoms with Gasteiger partial charge in [-0.25, -0.2) is 4.39 Å². The highest BCUT2D eigenvalue weighted by Crippen LogP contribution is 2.65. The number of hydrogen-bond acceptors (Lipinski definition) is 7. The van der Waals surface area contributed by atoms with E-state index in [-0.39, 0.29) is 58.8 Å². The molecule has 220 valence electrons. The number of ether oxygens (including phenoxy) is 2. The first-order chi connectivity index (χ1) is 19.4. The summed E-state index contributed by atoms with van der Waals surface area (Å²) in [7, 11) is 0. The SMILES string of the molecule is CC(C)[C@H](NC(=O)C1CCOC1)C(=O)N1C[C@H]2[C@@H]([C@H]1C(=O)N[C@H](C#N)C[C@@H]1Oc3ccc(F)cc3NC1=O)C2(C)C. The van der Waals surface area contributed by atoms with E-state index in [4.69, 9.17) is 9.47 Å². The van der Waals surface area contributed by atoms with Crippen LogP contribution in [0.15, 0.2) is 18.2 Å². The van der Waals surface area contributed by atoms with Crippen LogP contribution in [0.25, 0.3) is 0 Å². The van der Waals surface area contributed by atoms with Gasteiger partial charge in [0.25, 0.3) is 5.91 Å². The molecule has 4 amide bonds. The Bertz CT molecular complexity index is 1290. The van der Waals surface area contributed by atoms with E-state index in [1.54, 1.807) is 0 Å². The first-order valence-electron chi connectivity index (χ1n) is 14.1. The fourth-order valence-electron chi connectivity index (χ4n) is 6.41. The zero-order valence-electron chi connectivity index (χ0n) is 23.6. The third-order valence-electron chi connectivity index (χ3n) is 8.97. The molecule has 3 aliphatic heterocycles. The number of likely N-dealkylation sites (tertiary alicyclic amines) is 1. The number of carbonyl (C=O) groups is 4. The lowest BCUT2D eigenvalue weighted by Crippen LogP contribution is -2.58. The number of nitrogens with zero attached hydrogens (tertiary/aromatic N) is 2. The number of hydrogen-bond donors (Lipinski definition) is 3. The van der Waals surface area contributed by atoms with E-state index in [2.05, 4.69) is 29.8 Å². The predicted molar refractivity (Wildman–Crippen MR) is 144 cm³/mol. The van der Waals surface area contributed by atoms with Crippen LogP contribution in [-0.4, -0.2) is 72.5 Å². The monoisotopic (exact) mass is 569 g/mol. The summed E-state index contributed by atoms with van der Waals surface area (Å²) in [4.78, 5) is 54.5. The van der Waals surface area contributed by atoms with Crippen molar-refractivity contribution in [2.75, 3.05) is 25.1 Å². The minimum atomic E-state index is -1.08. The molecule has 41 heavy (non-hydrogen) atoms. The van der Waals surface area contributed by atoms with Gasteiger partial charge in [0, 0.05) is 25.6 Å². The second-order valence-electron chi connectivity index (χ2n) is 12.3. The first kappa shape index (κ1) is 28.8. The van der Waals surface area contributed by atoms with Gasteiger partial charge in [0.1, 0.15) is 29.7 Å². The smallest absolute Gasteiger partial charge is 0.265 e. The summed E-state index contributed by atoms with van der Waals surface area (Å²) in [5.74, 6) is -2.39. The molecule has 7 atom stereocenters. The normalized spacial score (nSPS) is 28.9. The lowest BCUT2D eigenvalue weighted by Gasteiger charge is -2.35. The van der Waals surface area contributed by atoms with Crippen LogP contribution in [0.5, 0.6) is 5.75 Å². The van der Waals surface area contributed by atoms with E-state index >= 15 is 0 Å². The average Bonchev–Trinajstić information content (AvgIpc) is 3.37. The van der Waals surface area contributed by atoms with Crippen molar-refractivity contribution >= 4 is 29.3 Å². The van der Waals surface area contributed by atoms with Crippen molar-refractivity contribution in [3.05, 3.63) is 24.0 Å². The Hall–Kier alpha value is -3.72. The molecular formula is C29H36FN5O6. The van der Waals surface area contributed by atoms with Gasteiger partial charge in [-0.1, -0.05) is 27.7 Å². The number of piperidine rings is 1. The van der Waals surface area contributed by atoms with Gasteiger partial charge < -0.3 is 30.3 Å². The summed E-state index contributed by atoms with van der Waals surface area (Å²) in [6.07, 6.45) is -0.625. The molecule has 3 N–H and O–H groups in total. The molecule has 12 heteroatoms. The Morgan fingerprint density at radius 1 is 1.24 bits per heavy atom. The van der Waals surface area contributed by atoms with Crippen LogP contribution in [0.1, 0.15) is 40.5 Å². The Labute approximate surface area is 238 Å². The second-order valence-corrected chi connectivity index (χ2v) is 12.3. The van der Waals surface area contributed by atoms with Crippen molar-refractivity contribution in [2.24, 2.45) is 29.1 Å². The van der Waals surface area contributed by atoms with Gasteiger partial charge in [-0.3, -0.25) is 19.2 Å². The van der Waals surface area contributed by atoms with E-state index in [0.717, 1.165) is 6.07 Å². The maximum Gasteiger partial charge on any atom is 0.265 e. The van der Waals surface area contributed by atoms with Crippen LogP contribution in [0, 0.1) is 46.2 Å². The van der Waals surface area contributed by atoms with E-state index in [1.807, 2.05) is 19.9 Å². The summed E-state index contributed by atoms with van der Waals surface area (Å²) in [5, 5.41) is 18.0. The van der Waals surface area contributed by atoms with Gasteiger partial charge >= 0.3 is 0 Å². The summed E-state index contributed by atoms with van der Waals surface area (Å²) in [6, 6.07) is 3.04. The summed E-state index contributed by atoms with van der Waals surface area (Å²) >= 11 is 0. The molecule has 0 spiro atoms. The topological polar surface area (TPSA) is 150 Å². The molecule has 5 rings (SSSR count). The largest absolute Gasteiger partial charge is 0.478 e. The Kier molecular flexibility index (Phi) is 7.68. The minimum Gasteiger partial charge on any atom is -0.478 e. The number of halogens is 1. The standard InChI is InChI=1S/C29H36FN5O6/c1-14(2)23(34-25(36)15-7-8-40-13-15)28(39)35-12-18-22(29(18,3)4)24(35)27(38)32-17(11-31)10-21-26(37)33-19-9-16(30)5-6-20(19)41-21/h5-6,9,14-15,17-18,21-24H,7-8,10,12-13H2,1-4H3,(H,32,38)(H,33,37)(H,34,36)/t15?,17-,18-,21-,22-,23-,24-/m0/s1. The Morgan fingerprint density at radius 2 is 2.00 bits per heavy atom. The van der Waals surface area contributed by atoms with Crippen LogP contribution in [0.2, 0.25) is 0 Å². The highest BCUT2D eigenvalue weighted by atomic mass is 19.1. The van der Waals surface area contributed by atoms with Crippen LogP contribution >= 0.6 is 0 Å². The predicted octanol–water partition coefficient (Wildman–Crippen LogP) is 1.58. The summed E-state index contributed by atoms with van der Waals surface area (Å²) < 4.78 is 24.5. The number of anilines is 1. The van der Waals surface area contributed by atoms with E-state index < -0.39 is 41.9 Å². The van der Waals surface area contributed by atoms with Gasteiger partial charge in [0.15, 0.2) is 6.10 Å². The lowest BCUT2D eigenvalue weighted by atomic mass is 9.96. The van der Waals surface area contributed by atoms with Crippen molar-refractivity contribution in [2.45, 2.75) is 64.8 Å². The summed E-state index contributed by atoms with van der Waals surface area (Å²) in [5.41, 5.74) is 0.0301. The summed E-state index contributed by atoms with van der Waals surface area (Å²) in [6.45, 7) is 8.99. The molecule has 1 aromatic rings. The average molecular weight is 570 g/mol. The molecular weight excluding hydrogens is 533 g/mol. The maximum absolute atomic E-state index is 13.8. The third-order valence-corrected chi connectivity index (χ3v) is 8.97. The highest BCUT2D eigenvalue weighted by Gasteiger charge is 2.69. The van der Waals surface area contributed by atoms with Crippen molar-refractivity contribution in [1.29, 1.82) is 5.26 Å². The molecule has 0 radical (unpaired) electrons. The highest BCUT2D eigenvalue weighted by molar-refractivity contribution is 5.98. The molecule has 1 saturated carbocycles. The van der Waals surface area contributed by atoms with E-state index in [1.165, 1.54) is 17.0 Å². The molecule has 0 aromatic heterocycles. The quantitative estimate of drug-likeness (QED) is 0.430. The number of amides is 4. The third kappa shape index (κ3) is 5.47. The Balaban J connectivity index is 1.28. The number of carbonyl (C=O) groups excluding carboxylic acids is 4. The molecule has 1 aromatic carbocycles. The van der Waals surface area contributed by atoms with Crippen molar-refractivity contribution in [3.8, 4) is 11.8 Å². The second kappa shape index (κ2) is 10.9. The molecule has 3 fully saturated rings. The maximum atomic E-state index is 13.8. The van der Waals surface area contributed by atoms with Gasteiger partial charge in [0.2, 0.25) is 17.7 Å². The minimum absolute atomic E-state index is 0.103. The number of nitrogens with one attached hydrogen (secondary N) is 3. The lowest BCUT2D eigenvalue weighted by molar-refractivity contribution is -0.144. The number of rotatable bonds is 8. The fourth-order valence-corrected chi connectivity index (χ4v) is 6.41. The molecule has 1 unspecified atom stereocenters. The van der Waals surface area contributed by atoms with E-state index in [9.17, 15) is 28.8 Å². The number of nitriles is 1. The fraction of sp³-hybridized carbons (Fsp3) is 0.621. The van der Waals surface area contributed by atoms with E-state index in [0.29, 0.717) is 26.2 Å². The van der Waals surface area contributed by atoms with Gasteiger partial charge in [-0.2, -0.15) is 5.26 Å². The molecule has 11 nitrogen and oxygen atoms in total. The van der Waals surface area contributed by atoms with Gasteiger partial charge in [0.05, 0.1) is 24.3 Å². The molecule has 1 aliphatic carbocycles. The zero-order valence-corrected chi connectivity index (χ0v) is 23.6. The molecule has 3 heterocycles. The number of benzene rings is 1. The van der Waals surface area contributed by atoms with Crippen molar-refractivity contribution in [3.63, 3.8) is 0 Å². The van der Waals surface area contributed by atoms with Gasteiger partial charge in [-0.05, 0) is 41.7 Å². The molecule has 2 saturated heterocycles. The van der Waals surface area contributed by atoms with Gasteiger partial charge in [-0.15, -0.1) is 0 Å². The number of fused-ring (bicyclic) bond motifs is 2.